The molecule has 2 N–H and O–H groups in total. The van der Waals surface area contributed by atoms with E-state index in [4.69, 9.17) is 5.11 Å². The predicted octanol–water partition coefficient (Wildman–Crippen LogP) is 2.16. The largest absolute Gasteiger partial charge is 0.478 e. The average Bonchev–Trinajstić information content (AvgIpc) is 2.90. The number of aromatic nitrogens is 2. The van der Waals surface area contributed by atoms with Crippen LogP contribution in [0, 0.1) is 0 Å². The van der Waals surface area contributed by atoms with E-state index in [1.165, 1.54) is 30.7 Å². The Bertz CT molecular complexity index is 786. The minimum Gasteiger partial charge on any atom is -0.478 e. The number of imidazole rings is 1. The van der Waals surface area contributed by atoms with Crippen LogP contribution in [0.4, 0.5) is 5.69 Å². The van der Waals surface area contributed by atoms with Crippen LogP contribution in [-0.4, -0.2) is 29.0 Å². The maximum absolute atomic E-state index is 12.2. The molecule has 0 fully saturated rings. The van der Waals surface area contributed by atoms with E-state index in [1.54, 1.807) is 4.57 Å². The molecule has 0 spiro atoms. The van der Waals surface area contributed by atoms with Crippen molar-refractivity contribution in [2.24, 2.45) is 0 Å². The van der Waals surface area contributed by atoms with Gasteiger partial charge in [0.2, 0.25) is 0 Å². The molecule has 1 aromatic heterocycles. The van der Waals surface area contributed by atoms with Gasteiger partial charge in [-0.15, -0.1) is 0 Å². The Balaban J connectivity index is 2.32. The Labute approximate surface area is 129 Å². The number of carboxylic acid groups (broad SMARTS) is 1. The molecule has 0 aliphatic heterocycles. The lowest BCUT2D eigenvalue weighted by molar-refractivity contribution is 0.0696. The Morgan fingerprint density at radius 2 is 2.19 bits per heavy atom. The SMILES string of the molecule is CCn1cnc(S(=O)(=O)Nc2ccc(Br)c(C(=O)O)c2)c1. The zero-order valence-corrected chi connectivity index (χ0v) is 13.3. The smallest absolute Gasteiger partial charge is 0.336 e. The van der Waals surface area contributed by atoms with Crippen molar-refractivity contribution in [3.63, 3.8) is 0 Å². The van der Waals surface area contributed by atoms with Crippen LogP contribution in [0.5, 0.6) is 0 Å². The maximum atomic E-state index is 12.2. The van der Waals surface area contributed by atoms with Crippen LogP contribution in [0.25, 0.3) is 0 Å². The van der Waals surface area contributed by atoms with Gasteiger partial charge in [0.05, 0.1) is 11.9 Å². The molecule has 0 bridgehead atoms. The first-order chi connectivity index (χ1) is 9.83. The van der Waals surface area contributed by atoms with Gasteiger partial charge in [0.15, 0.2) is 5.03 Å². The third kappa shape index (κ3) is 3.42. The van der Waals surface area contributed by atoms with Crippen molar-refractivity contribution in [2.75, 3.05) is 4.72 Å². The molecule has 9 heteroatoms. The topological polar surface area (TPSA) is 101 Å². The number of sulfonamides is 1. The number of aromatic carboxylic acids is 1. The van der Waals surface area contributed by atoms with Crippen LogP contribution in [0.1, 0.15) is 17.3 Å². The Kier molecular flexibility index (Phi) is 4.33. The van der Waals surface area contributed by atoms with Crippen molar-refractivity contribution in [1.82, 2.24) is 9.55 Å². The zero-order valence-electron chi connectivity index (χ0n) is 10.9. The molecule has 0 amide bonds. The van der Waals surface area contributed by atoms with Crippen molar-refractivity contribution in [3.8, 4) is 0 Å². The molecular weight excluding hydrogens is 362 g/mol. The van der Waals surface area contributed by atoms with E-state index in [0.29, 0.717) is 11.0 Å². The number of benzene rings is 1. The van der Waals surface area contributed by atoms with E-state index in [2.05, 4.69) is 25.6 Å². The van der Waals surface area contributed by atoms with Crippen molar-refractivity contribution in [2.45, 2.75) is 18.5 Å². The second-order valence-electron chi connectivity index (χ2n) is 4.15. The van der Waals surface area contributed by atoms with E-state index < -0.39 is 16.0 Å². The van der Waals surface area contributed by atoms with Crippen LogP contribution in [0.15, 0.2) is 40.2 Å². The van der Waals surface area contributed by atoms with Crippen LogP contribution < -0.4 is 4.72 Å². The summed E-state index contributed by atoms with van der Waals surface area (Å²) in [6, 6.07) is 4.16. The fourth-order valence-electron chi connectivity index (χ4n) is 1.61. The summed E-state index contributed by atoms with van der Waals surface area (Å²) in [6.07, 6.45) is 2.82. The van der Waals surface area contributed by atoms with Crippen LogP contribution >= 0.6 is 15.9 Å². The molecule has 21 heavy (non-hydrogen) atoms. The fourth-order valence-corrected chi connectivity index (χ4v) is 3.03. The van der Waals surface area contributed by atoms with Crippen molar-refractivity contribution < 1.29 is 18.3 Å². The lowest BCUT2D eigenvalue weighted by Gasteiger charge is -2.07. The normalized spacial score (nSPS) is 11.3. The quantitative estimate of drug-likeness (QED) is 0.835. The monoisotopic (exact) mass is 373 g/mol. The molecule has 0 aliphatic rings. The van der Waals surface area contributed by atoms with E-state index in [9.17, 15) is 13.2 Å². The van der Waals surface area contributed by atoms with Gasteiger partial charge in [-0.2, -0.15) is 8.42 Å². The molecule has 0 saturated heterocycles. The summed E-state index contributed by atoms with van der Waals surface area (Å²) in [5.74, 6) is -1.15. The number of nitrogens with one attached hydrogen (secondary N) is 1. The second kappa shape index (κ2) is 5.86. The van der Waals surface area contributed by atoms with Crippen LogP contribution in [0.2, 0.25) is 0 Å². The van der Waals surface area contributed by atoms with Crippen molar-refractivity contribution >= 4 is 37.6 Å². The van der Waals surface area contributed by atoms with E-state index in [-0.39, 0.29) is 16.3 Å². The Morgan fingerprint density at radius 1 is 1.48 bits per heavy atom. The van der Waals surface area contributed by atoms with Gasteiger partial charge in [-0.3, -0.25) is 4.72 Å². The highest BCUT2D eigenvalue weighted by atomic mass is 79.9. The minimum absolute atomic E-state index is 0.0331. The highest BCUT2D eigenvalue weighted by Gasteiger charge is 2.18. The number of carbonyl (C=O) groups is 1. The van der Waals surface area contributed by atoms with E-state index in [0.717, 1.165) is 0 Å². The van der Waals surface area contributed by atoms with Crippen LogP contribution in [0.3, 0.4) is 0 Å². The highest BCUT2D eigenvalue weighted by molar-refractivity contribution is 9.10. The van der Waals surface area contributed by atoms with E-state index in [1.807, 2.05) is 6.92 Å². The zero-order chi connectivity index (χ0) is 15.6. The summed E-state index contributed by atoms with van der Waals surface area (Å²) in [7, 11) is -3.85. The lowest BCUT2D eigenvalue weighted by Crippen LogP contribution is -2.14. The number of hydrogen-bond acceptors (Lipinski definition) is 4. The summed E-state index contributed by atoms with van der Waals surface area (Å²) in [5, 5.41) is 8.90. The number of anilines is 1. The molecule has 7 nitrogen and oxygen atoms in total. The molecule has 0 atom stereocenters. The molecular formula is C12H12BrN3O4S. The molecule has 1 heterocycles. The molecule has 0 aliphatic carbocycles. The average molecular weight is 374 g/mol. The van der Waals surface area contributed by atoms with Crippen molar-refractivity contribution in [1.29, 1.82) is 0 Å². The third-order valence-electron chi connectivity index (χ3n) is 2.70. The summed E-state index contributed by atoms with van der Waals surface area (Å²) in [4.78, 5) is 14.8. The highest BCUT2D eigenvalue weighted by Crippen LogP contribution is 2.23. The van der Waals surface area contributed by atoms with Gasteiger partial charge in [-0.25, -0.2) is 9.78 Å². The predicted molar refractivity (Wildman–Crippen MR) is 79.8 cm³/mol. The third-order valence-corrected chi connectivity index (χ3v) is 4.66. The van der Waals surface area contributed by atoms with Gasteiger partial charge in [-0.05, 0) is 41.1 Å². The number of carboxylic acids is 1. The van der Waals surface area contributed by atoms with Gasteiger partial charge in [0.1, 0.15) is 0 Å². The molecule has 2 aromatic rings. The second-order valence-corrected chi connectivity index (χ2v) is 6.63. The number of rotatable bonds is 5. The first kappa shape index (κ1) is 15.5. The summed E-state index contributed by atoms with van der Waals surface area (Å²) < 4.78 is 28.6. The van der Waals surface area contributed by atoms with Crippen LogP contribution in [-0.2, 0) is 16.6 Å². The number of halogens is 1. The summed E-state index contributed by atoms with van der Waals surface area (Å²) >= 11 is 3.09. The molecule has 0 saturated carbocycles. The molecule has 0 unspecified atom stereocenters. The maximum Gasteiger partial charge on any atom is 0.336 e. The summed E-state index contributed by atoms with van der Waals surface area (Å²) in [5.41, 5.74) is 0.121. The first-order valence-electron chi connectivity index (χ1n) is 5.91. The number of aryl methyl sites for hydroxylation is 1. The van der Waals surface area contributed by atoms with Gasteiger partial charge in [0.25, 0.3) is 10.0 Å². The van der Waals surface area contributed by atoms with Gasteiger partial charge in [-0.1, -0.05) is 0 Å². The number of hydrogen-bond donors (Lipinski definition) is 2. The van der Waals surface area contributed by atoms with E-state index >= 15 is 0 Å². The first-order valence-corrected chi connectivity index (χ1v) is 8.18. The van der Waals surface area contributed by atoms with Crippen molar-refractivity contribution in [3.05, 3.63) is 40.8 Å². The minimum atomic E-state index is -3.85. The molecule has 2 rings (SSSR count). The standard InChI is InChI=1S/C12H12BrN3O4S/c1-2-16-6-11(14-7-16)21(19,20)15-8-3-4-10(13)9(5-8)12(17)18/h3-7,15H,2H2,1H3,(H,17,18). The molecule has 112 valence electrons. The lowest BCUT2D eigenvalue weighted by atomic mass is 10.2. The van der Waals surface area contributed by atoms with Gasteiger partial charge >= 0.3 is 5.97 Å². The molecule has 0 radical (unpaired) electrons. The van der Waals surface area contributed by atoms with Gasteiger partial charge in [0, 0.05) is 22.9 Å². The Hall–Kier alpha value is -1.87. The Morgan fingerprint density at radius 3 is 2.76 bits per heavy atom. The summed E-state index contributed by atoms with van der Waals surface area (Å²) in [6.45, 7) is 2.46. The van der Waals surface area contributed by atoms with Gasteiger partial charge < -0.3 is 9.67 Å². The molecule has 1 aromatic carbocycles. The fraction of sp³-hybridized carbons (Fsp3) is 0.167. The number of nitrogens with zero attached hydrogens (tertiary/aromatic N) is 2.